The van der Waals surface area contributed by atoms with Crippen LogP contribution in [0, 0.1) is 13.8 Å². The number of hydrogen-bond acceptors (Lipinski definition) is 0. The zero-order valence-corrected chi connectivity index (χ0v) is 6.73. The first-order valence-electron chi connectivity index (χ1n) is 2.99. The summed E-state index contributed by atoms with van der Waals surface area (Å²) in [6, 6.07) is 5.74. The summed E-state index contributed by atoms with van der Waals surface area (Å²) in [6.45, 7) is 3.99. The molecular formula is C8H10LiN. The van der Waals surface area contributed by atoms with Gasteiger partial charge in [-0.15, -0.1) is 5.69 Å². The molecule has 1 N–H and O–H groups in total. The molecule has 1 rings (SSSR count). The van der Waals surface area contributed by atoms with E-state index in [2.05, 4.69) is 0 Å². The van der Waals surface area contributed by atoms with Crippen molar-refractivity contribution in [2.75, 3.05) is 0 Å². The minimum Gasteiger partial charge on any atom is -0.698 e. The molecule has 1 aromatic carbocycles. The van der Waals surface area contributed by atoms with Crippen molar-refractivity contribution in [2.24, 2.45) is 0 Å². The standard InChI is InChI=1S/C8H10N.Li/c1-6-4-3-5-8(9)7(6)2;/h3-5,9H,1-2H3;/q-1;+1. The van der Waals surface area contributed by atoms with E-state index in [1.165, 1.54) is 5.56 Å². The van der Waals surface area contributed by atoms with Crippen LogP contribution in [0.1, 0.15) is 11.1 Å². The molecule has 0 bridgehead atoms. The van der Waals surface area contributed by atoms with Crippen molar-refractivity contribution in [3.05, 3.63) is 35.1 Å². The number of nitrogens with one attached hydrogen (secondary N) is 1. The van der Waals surface area contributed by atoms with Gasteiger partial charge in [0.1, 0.15) is 0 Å². The first kappa shape index (κ1) is 9.62. The summed E-state index contributed by atoms with van der Waals surface area (Å²) < 4.78 is 0. The largest absolute Gasteiger partial charge is 1.00 e. The Balaban J connectivity index is 0.000000810. The second-order valence-corrected chi connectivity index (χ2v) is 2.25. The van der Waals surface area contributed by atoms with Crippen LogP contribution in [0.3, 0.4) is 0 Å². The smallest absolute Gasteiger partial charge is 0.698 e. The van der Waals surface area contributed by atoms with E-state index in [0.717, 1.165) is 5.56 Å². The van der Waals surface area contributed by atoms with Gasteiger partial charge in [0.25, 0.3) is 0 Å². The second-order valence-electron chi connectivity index (χ2n) is 2.25. The Kier molecular flexibility index (Phi) is 3.56. The van der Waals surface area contributed by atoms with Crippen molar-refractivity contribution in [3.63, 3.8) is 0 Å². The molecule has 48 valence electrons. The van der Waals surface area contributed by atoms with Gasteiger partial charge >= 0.3 is 18.9 Å². The SMILES string of the molecule is Cc1cccc([NH-])c1C.[Li+]. The van der Waals surface area contributed by atoms with Gasteiger partial charge in [-0.05, 0) is 19.4 Å². The fraction of sp³-hybridized carbons (Fsp3) is 0.250. The van der Waals surface area contributed by atoms with E-state index in [1.807, 2.05) is 32.0 Å². The Hall–Kier alpha value is -0.383. The van der Waals surface area contributed by atoms with Gasteiger partial charge in [0, 0.05) is 0 Å². The molecule has 0 saturated carbocycles. The molecule has 0 unspecified atom stereocenters. The summed E-state index contributed by atoms with van der Waals surface area (Å²) in [7, 11) is 0. The molecule has 1 nitrogen and oxygen atoms in total. The van der Waals surface area contributed by atoms with E-state index in [9.17, 15) is 0 Å². The molecule has 0 heterocycles. The third-order valence-corrected chi connectivity index (χ3v) is 1.60. The summed E-state index contributed by atoms with van der Waals surface area (Å²) in [4.78, 5) is 0. The monoisotopic (exact) mass is 127 g/mol. The molecule has 0 radical (unpaired) electrons. The van der Waals surface area contributed by atoms with Crippen LogP contribution in [0.15, 0.2) is 18.2 Å². The van der Waals surface area contributed by atoms with E-state index in [0.29, 0.717) is 5.69 Å². The van der Waals surface area contributed by atoms with Crippen LogP contribution in [0.5, 0.6) is 0 Å². The van der Waals surface area contributed by atoms with Crippen molar-refractivity contribution in [1.29, 1.82) is 0 Å². The van der Waals surface area contributed by atoms with Crippen molar-refractivity contribution in [1.82, 2.24) is 0 Å². The number of aryl methyl sites for hydroxylation is 1. The van der Waals surface area contributed by atoms with Crippen LogP contribution in [-0.2, 0) is 0 Å². The van der Waals surface area contributed by atoms with E-state index in [1.54, 1.807) is 0 Å². The van der Waals surface area contributed by atoms with Crippen molar-refractivity contribution >= 4 is 5.69 Å². The molecule has 0 saturated heterocycles. The van der Waals surface area contributed by atoms with Crippen LogP contribution in [-0.4, -0.2) is 0 Å². The maximum atomic E-state index is 7.36. The molecule has 0 aromatic heterocycles. The van der Waals surface area contributed by atoms with E-state index < -0.39 is 0 Å². The molecule has 0 aliphatic carbocycles. The maximum absolute atomic E-state index is 7.36. The zero-order chi connectivity index (χ0) is 6.85. The normalized spacial score (nSPS) is 8.60. The Morgan fingerprint density at radius 3 is 2.20 bits per heavy atom. The van der Waals surface area contributed by atoms with Gasteiger partial charge in [0.05, 0.1) is 0 Å². The first-order chi connectivity index (χ1) is 4.22. The van der Waals surface area contributed by atoms with E-state index >= 15 is 0 Å². The fourth-order valence-corrected chi connectivity index (χ4v) is 0.751. The minimum absolute atomic E-state index is 0. The Labute approximate surface area is 73.8 Å². The molecule has 10 heavy (non-hydrogen) atoms. The van der Waals surface area contributed by atoms with Gasteiger partial charge in [-0.1, -0.05) is 23.8 Å². The van der Waals surface area contributed by atoms with Gasteiger partial charge in [-0.3, -0.25) is 0 Å². The number of benzene rings is 1. The van der Waals surface area contributed by atoms with Gasteiger partial charge in [-0.2, -0.15) is 0 Å². The van der Waals surface area contributed by atoms with Crippen LogP contribution >= 0.6 is 0 Å². The third kappa shape index (κ3) is 1.80. The van der Waals surface area contributed by atoms with Gasteiger partial charge in [0.15, 0.2) is 0 Å². The summed E-state index contributed by atoms with van der Waals surface area (Å²) in [6.07, 6.45) is 0. The molecule has 0 aliphatic heterocycles. The molecule has 0 atom stereocenters. The molecule has 1 aromatic rings. The van der Waals surface area contributed by atoms with Crippen molar-refractivity contribution in [2.45, 2.75) is 13.8 Å². The molecule has 2 heteroatoms. The molecule has 0 fully saturated rings. The summed E-state index contributed by atoms with van der Waals surface area (Å²) in [5, 5.41) is 0. The van der Waals surface area contributed by atoms with Crippen molar-refractivity contribution in [3.8, 4) is 0 Å². The van der Waals surface area contributed by atoms with Crippen LogP contribution in [0.25, 0.3) is 5.73 Å². The predicted octanol–water partition coefficient (Wildman–Crippen LogP) is -0.00886. The topological polar surface area (TPSA) is 23.8 Å². The summed E-state index contributed by atoms with van der Waals surface area (Å²) in [5.41, 5.74) is 10.3. The van der Waals surface area contributed by atoms with Gasteiger partial charge < -0.3 is 5.73 Å². The quantitative estimate of drug-likeness (QED) is 0.438. The maximum Gasteiger partial charge on any atom is 1.00 e. The average molecular weight is 127 g/mol. The third-order valence-electron chi connectivity index (χ3n) is 1.60. The Morgan fingerprint density at radius 1 is 1.20 bits per heavy atom. The van der Waals surface area contributed by atoms with Crippen LogP contribution in [0.2, 0.25) is 0 Å². The van der Waals surface area contributed by atoms with Gasteiger partial charge in [0.2, 0.25) is 0 Å². The van der Waals surface area contributed by atoms with Crippen LogP contribution in [0.4, 0.5) is 5.69 Å². The minimum atomic E-state index is 0. The first-order valence-corrected chi connectivity index (χ1v) is 2.99. The van der Waals surface area contributed by atoms with Crippen LogP contribution < -0.4 is 18.9 Å². The van der Waals surface area contributed by atoms with E-state index in [4.69, 9.17) is 5.73 Å². The van der Waals surface area contributed by atoms with Crippen molar-refractivity contribution < 1.29 is 18.9 Å². The molecule has 0 spiro atoms. The molecule has 0 aliphatic rings. The second kappa shape index (κ2) is 3.70. The fourth-order valence-electron chi connectivity index (χ4n) is 0.751. The average Bonchev–Trinajstić information content (AvgIpc) is 1.83. The summed E-state index contributed by atoms with van der Waals surface area (Å²) >= 11 is 0. The van der Waals surface area contributed by atoms with E-state index in [-0.39, 0.29) is 18.9 Å². The summed E-state index contributed by atoms with van der Waals surface area (Å²) in [5.74, 6) is 0. The zero-order valence-electron chi connectivity index (χ0n) is 6.73. The number of hydrogen-bond donors (Lipinski definition) is 0. The number of rotatable bonds is 0. The Bertz CT molecular complexity index is 200. The van der Waals surface area contributed by atoms with Gasteiger partial charge in [-0.25, -0.2) is 0 Å². The molecule has 0 amide bonds. The molecular weight excluding hydrogens is 117 g/mol. The Morgan fingerprint density at radius 2 is 1.80 bits per heavy atom. The predicted molar refractivity (Wildman–Crippen MR) is 39.9 cm³/mol.